The van der Waals surface area contributed by atoms with Gasteiger partial charge in [0.1, 0.15) is 13.1 Å². The minimum absolute atomic E-state index is 0.0754. The number of pyridine rings is 1. The average molecular weight is 454 g/mol. The van der Waals surface area contributed by atoms with Gasteiger partial charge in [-0.1, -0.05) is 65.8 Å². The molecule has 0 radical (unpaired) electrons. The van der Waals surface area contributed by atoms with Crippen molar-refractivity contribution in [1.82, 2.24) is 4.98 Å². The van der Waals surface area contributed by atoms with Gasteiger partial charge in [-0.25, -0.2) is 0 Å². The molecule has 5 nitrogen and oxygen atoms in total. The first-order valence-electron chi connectivity index (χ1n) is 11.8. The molecule has 0 atom stereocenters. The number of amides is 2. The number of hydrogen-bond acceptors (Lipinski definition) is 3. The van der Waals surface area contributed by atoms with Crippen molar-refractivity contribution in [2.75, 3.05) is 22.9 Å². The number of carbonyl (C=O) groups is 2. The van der Waals surface area contributed by atoms with E-state index >= 15 is 0 Å². The molecule has 1 aromatic heterocycles. The number of hydrogen-bond donors (Lipinski definition) is 0. The maximum atomic E-state index is 12.4. The van der Waals surface area contributed by atoms with E-state index in [1.807, 2.05) is 34.3 Å². The lowest BCUT2D eigenvalue weighted by Gasteiger charge is -2.27. The van der Waals surface area contributed by atoms with Crippen molar-refractivity contribution in [3.8, 4) is 22.3 Å². The van der Waals surface area contributed by atoms with Crippen LogP contribution in [0.5, 0.6) is 0 Å². The van der Waals surface area contributed by atoms with Crippen molar-refractivity contribution < 1.29 is 9.59 Å². The van der Waals surface area contributed by atoms with Crippen LogP contribution in [-0.2, 0) is 20.4 Å². The lowest BCUT2D eigenvalue weighted by molar-refractivity contribution is -0.110. The van der Waals surface area contributed by atoms with E-state index in [9.17, 15) is 9.59 Å². The number of benzene rings is 2. The van der Waals surface area contributed by atoms with E-state index in [2.05, 4.69) is 76.9 Å². The minimum atomic E-state index is -0.105. The highest BCUT2D eigenvalue weighted by molar-refractivity contribution is 6.18. The van der Waals surface area contributed by atoms with Gasteiger partial charge in [0, 0.05) is 29.1 Å². The summed E-state index contributed by atoms with van der Waals surface area (Å²) in [5.74, 6) is 0.214. The predicted octanol–water partition coefficient (Wildman–Crippen LogP) is 5.70. The van der Waals surface area contributed by atoms with Crippen LogP contribution in [0.15, 0.2) is 54.9 Å². The third-order valence-corrected chi connectivity index (χ3v) is 6.62. The normalized spacial score (nSPS) is 15.7. The largest absolute Gasteiger partial charge is 0.301 e. The van der Waals surface area contributed by atoms with Crippen LogP contribution in [0.4, 0.5) is 11.4 Å². The molecule has 2 aliphatic heterocycles. The zero-order valence-corrected chi connectivity index (χ0v) is 20.8. The van der Waals surface area contributed by atoms with E-state index in [1.54, 1.807) is 0 Å². The molecule has 0 spiro atoms. The predicted molar refractivity (Wildman–Crippen MR) is 137 cm³/mol. The van der Waals surface area contributed by atoms with Crippen LogP contribution in [0.3, 0.4) is 0 Å². The van der Waals surface area contributed by atoms with Gasteiger partial charge in [0.25, 0.3) is 0 Å². The molecule has 0 bridgehead atoms. The number of aromatic nitrogens is 1. The molecular formula is C29H31N3O2. The first-order valence-corrected chi connectivity index (χ1v) is 11.8. The topological polar surface area (TPSA) is 53.0 Å². The fourth-order valence-electron chi connectivity index (χ4n) is 4.73. The minimum Gasteiger partial charge on any atom is -0.301 e. The van der Waals surface area contributed by atoms with Crippen molar-refractivity contribution in [3.63, 3.8) is 0 Å². The lowest BCUT2D eigenvalue weighted by Crippen LogP contribution is -2.14. The molecule has 2 fully saturated rings. The maximum absolute atomic E-state index is 12.4. The highest BCUT2D eigenvalue weighted by atomic mass is 16.2. The Hall–Kier alpha value is -3.47. The van der Waals surface area contributed by atoms with Crippen molar-refractivity contribution >= 4 is 23.2 Å². The Labute approximate surface area is 201 Å². The zero-order chi connectivity index (χ0) is 24.4. The van der Waals surface area contributed by atoms with E-state index in [0.29, 0.717) is 13.1 Å². The smallest absolute Gasteiger partial charge is 0.247 e. The van der Waals surface area contributed by atoms with Gasteiger partial charge >= 0.3 is 0 Å². The molecule has 174 valence electrons. The second-order valence-electron chi connectivity index (χ2n) is 11.3. The van der Waals surface area contributed by atoms with Crippen LogP contribution in [0.25, 0.3) is 22.3 Å². The van der Waals surface area contributed by atoms with Gasteiger partial charge in [-0.2, -0.15) is 0 Å². The van der Waals surface area contributed by atoms with Crippen molar-refractivity contribution in [2.45, 2.75) is 52.4 Å². The van der Waals surface area contributed by atoms with Crippen LogP contribution >= 0.6 is 0 Å². The second kappa shape index (κ2) is 7.52. The van der Waals surface area contributed by atoms with E-state index in [-0.39, 0.29) is 22.6 Å². The Morgan fingerprint density at radius 3 is 1.65 bits per heavy atom. The van der Waals surface area contributed by atoms with Crippen molar-refractivity contribution in [3.05, 3.63) is 66.0 Å². The molecule has 0 unspecified atom stereocenters. The summed E-state index contributed by atoms with van der Waals surface area (Å²) < 4.78 is 0. The van der Waals surface area contributed by atoms with Crippen LogP contribution in [0, 0.1) is 0 Å². The Bertz CT molecular complexity index is 1220. The molecule has 3 aromatic rings. The maximum Gasteiger partial charge on any atom is 0.247 e. The number of anilines is 2. The van der Waals surface area contributed by atoms with E-state index in [4.69, 9.17) is 0 Å². The number of carbonyl (C=O) groups excluding carboxylic acids is 2. The molecular weight excluding hydrogens is 422 g/mol. The molecule has 0 aliphatic carbocycles. The molecule has 0 saturated carbocycles. The molecule has 2 aliphatic rings. The van der Waals surface area contributed by atoms with Gasteiger partial charge < -0.3 is 9.80 Å². The molecule has 2 amide bonds. The first kappa shape index (κ1) is 22.3. The summed E-state index contributed by atoms with van der Waals surface area (Å²) in [5.41, 5.74) is 7.96. The Morgan fingerprint density at radius 2 is 1.15 bits per heavy atom. The Kier molecular flexibility index (Phi) is 4.94. The quantitative estimate of drug-likeness (QED) is 0.476. The highest BCUT2D eigenvalue weighted by Crippen LogP contribution is 2.48. The fraction of sp³-hybridized carbons (Fsp3) is 0.345. The van der Waals surface area contributed by atoms with Crippen LogP contribution in [0.2, 0.25) is 0 Å². The van der Waals surface area contributed by atoms with Crippen molar-refractivity contribution in [2.24, 2.45) is 0 Å². The number of rotatable bonds is 4. The Morgan fingerprint density at radius 1 is 0.676 bits per heavy atom. The van der Waals surface area contributed by atoms with Gasteiger partial charge in [0.2, 0.25) is 11.8 Å². The summed E-state index contributed by atoms with van der Waals surface area (Å²) in [6.45, 7) is 13.9. The average Bonchev–Trinajstić information content (AvgIpc) is 3.69. The third kappa shape index (κ3) is 3.89. The first-order chi connectivity index (χ1) is 16.0. The standard InChI is InChI=1S/C29H31N3O2/c1-28(2,3)22-10-8-7-9-18(22)19-13-25(32-17-27(32)34)20(14-24(19)31-16-26(31)33)21-15-30-12-11-23(21)29(4,5)6/h7-15H,16-17H2,1-6H3. The Balaban J connectivity index is 1.82. The van der Waals surface area contributed by atoms with Gasteiger partial charge in [0.15, 0.2) is 0 Å². The van der Waals surface area contributed by atoms with E-state index in [0.717, 1.165) is 39.2 Å². The van der Waals surface area contributed by atoms with E-state index in [1.165, 1.54) is 5.56 Å². The third-order valence-electron chi connectivity index (χ3n) is 6.62. The number of nitrogens with zero attached hydrogens (tertiary/aromatic N) is 3. The van der Waals surface area contributed by atoms with Gasteiger partial charge in [-0.3, -0.25) is 14.6 Å². The molecule has 5 heteroatoms. The molecule has 0 N–H and O–H groups in total. The van der Waals surface area contributed by atoms with Crippen LogP contribution < -0.4 is 9.80 Å². The highest BCUT2D eigenvalue weighted by Gasteiger charge is 2.39. The second-order valence-corrected chi connectivity index (χ2v) is 11.3. The molecule has 5 rings (SSSR count). The summed E-state index contributed by atoms with van der Waals surface area (Å²) in [4.78, 5) is 32.8. The van der Waals surface area contributed by atoms with Crippen molar-refractivity contribution in [1.29, 1.82) is 0 Å². The van der Waals surface area contributed by atoms with Gasteiger partial charge in [0.05, 0.1) is 11.4 Å². The van der Waals surface area contributed by atoms with E-state index < -0.39 is 0 Å². The zero-order valence-electron chi connectivity index (χ0n) is 20.8. The fourth-order valence-corrected chi connectivity index (χ4v) is 4.73. The SMILES string of the molecule is CC(C)(C)c1ccccc1-c1cc(N2CC2=O)c(-c2cnccc2C(C)(C)C)cc1N1CC1=O. The lowest BCUT2D eigenvalue weighted by atomic mass is 9.80. The summed E-state index contributed by atoms with van der Waals surface area (Å²) in [5, 5.41) is 0. The van der Waals surface area contributed by atoms with Crippen LogP contribution in [0.1, 0.15) is 52.7 Å². The van der Waals surface area contributed by atoms with Crippen LogP contribution in [-0.4, -0.2) is 29.9 Å². The summed E-state index contributed by atoms with van der Waals surface area (Å²) >= 11 is 0. The summed E-state index contributed by atoms with van der Waals surface area (Å²) in [7, 11) is 0. The summed E-state index contributed by atoms with van der Waals surface area (Å²) in [6.07, 6.45) is 3.69. The molecule has 2 aromatic carbocycles. The van der Waals surface area contributed by atoms with Gasteiger partial charge in [-0.15, -0.1) is 0 Å². The molecule has 3 heterocycles. The summed E-state index contributed by atoms with van der Waals surface area (Å²) in [6, 6.07) is 14.6. The molecule has 2 saturated heterocycles. The monoisotopic (exact) mass is 453 g/mol. The molecule has 34 heavy (non-hydrogen) atoms. The van der Waals surface area contributed by atoms with Gasteiger partial charge in [-0.05, 0) is 45.7 Å².